The number of nitrogens with zero attached hydrogens (tertiary/aromatic N) is 3. The van der Waals surface area contributed by atoms with Crippen LogP contribution in [0.4, 0.5) is 18.9 Å². The topological polar surface area (TPSA) is 47.4 Å². The van der Waals surface area contributed by atoms with Crippen LogP contribution in [0.25, 0.3) is 0 Å². The first-order valence-corrected chi connectivity index (χ1v) is 8.35. The molecular weight excluding hydrogens is 347 g/mol. The second kappa shape index (κ2) is 7.90. The molecule has 1 aromatic carbocycles. The van der Waals surface area contributed by atoms with Gasteiger partial charge in [-0.1, -0.05) is 13.8 Å². The van der Waals surface area contributed by atoms with Crippen molar-refractivity contribution < 1.29 is 22.7 Å². The van der Waals surface area contributed by atoms with Gasteiger partial charge >= 0.3 is 6.18 Å². The van der Waals surface area contributed by atoms with E-state index in [9.17, 15) is 18.0 Å². The molecule has 2 heterocycles. The molecule has 5 nitrogen and oxygen atoms in total. The van der Waals surface area contributed by atoms with Crippen LogP contribution >= 0.6 is 0 Å². The highest BCUT2D eigenvalue weighted by atomic mass is 19.4. The zero-order chi connectivity index (χ0) is 19.5. The first-order valence-electron chi connectivity index (χ1n) is 8.35. The molecule has 0 saturated carbocycles. The average Bonchev–Trinajstić information content (AvgIpc) is 3.01. The van der Waals surface area contributed by atoms with Crippen LogP contribution in [-0.4, -0.2) is 35.9 Å². The van der Waals surface area contributed by atoms with E-state index in [4.69, 9.17) is 4.74 Å². The molecule has 1 aromatic heterocycles. The number of rotatable bonds is 3. The van der Waals surface area contributed by atoms with Crippen LogP contribution < -0.4 is 4.90 Å². The number of aryl methyl sites for hydroxylation is 1. The molecule has 0 bridgehead atoms. The summed E-state index contributed by atoms with van der Waals surface area (Å²) in [7, 11) is 1.55. The summed E-state index contributed by atoms with van der Waals surface area (Å²) in [6, 6.07) is 4.38. The lowest BCUT2D eigenvalue weighted by Crippen LogP contribution is -2.45. The number of alkyl halides is 3. The van der Waals surface area contributed by atoms with E-state index in [-0.39, 0.29) is 18.5 Å². The van der Waals surface area contributed by atoms with E-state index in [0.29, 0.717) is 18.0 Å². The van der Waals surface area contributed by atoms with E-state index < -0.39 is 11.7 Å². The van der Waals surface area contributed by atoms with Crippen molar-refractivity contribution in [3.05, 3.63) is 47.3 Å². The number of ether oxygens (including phenoxy) is 1. The van der Waals surface area contributed by atoms with Gasteiger partial charge < -0.3 is 9.64 Å². The summed E-state index contributed by atoms with van der Waals surface area (Å²) in [6.45, 7) is 6.40. The maximum absolute atomic E-state index is 12.7. The van der Waals surface area contributed by atoms with Crippen LogP contribution in [-0.2, 0) is 10.9 Å². The fourth-order valence-corrected chi connectivity index (χ4v) is 2.86. The third-order valence-electron chi connectivity index (χ3n) is 4.03. The Balaban J connectivity index is 0.00000117. The van der Waals surface area contributed by atoms with E-state index >= 15 is 0 Å². The van der Waals surface area contributed by atoms with E-state index in [0.717, 1.165) is 17.7 Å². The van der Waals surface area contributed by atoms with Crippen molar-refractivity contribution in [2.45, 2.75) is 33.0 Å². The molecule has 0 aliphatic carbocycles. The van der Waals surface area contributed by atoms with E-state index in [1.54, 1.807) is 24.9 Å². The summed E-state index contributed by atoms with van der Waals surface area (Å²) in [5.41, 5.74) is 0.826. The Bertz CT molecular complexity index is 754. The van der Waals surface area contributed by atoms with Crippen LogP contribution in [0.1, 0.15) is 41.5 Å². The minimum absolute atomic E-state index is 0.196. The van der Waals surface area contributed by atoms with Crippen molar-refractivity contribution >= 4 is 11.6 Å². The van der Waals surface area contributed by atoms with Gasteiger partial charge in [-0.25, -0.2) is 0 Å². The first kappa shape index (κ1) is 20.0. The number of carbonyl (C=O) groups excluding carboxylic acids is 1. The lowest BCUT2D eigenvalue weighted by Gasteiger charge is -2.33. The quantitative estimate of drug-likeness (QED) is 0.819. The van der Waals surface area contributed by atoms with Crippen LogP contribution in [0.2, 0.25) is 0 Å². The number of hydrogen-bond donors (Lipinski definition) is 0. The molecule has 0 radical (unpaired) electrons. The molecule has 0 spiro atoms. The molecule has 1 atom stereocenters. The Hall–Kier alpha value is -2.35. The molecule has 1 unspecified atom stereocenters. The van der Waals surface area contributed by atoms with Gasteiger partial charge in [0.2, 0.25) is 0 Å². The number of anilines is 1. The lowest BCUT2D eigenvalue weighted by atomic mass is 10.1. The van der Waals surface area contributed by atoms with Crippen molar-refractivity contribution in [2.24, 2.45) is 0 Å². The minimum atomic E-state index is -4.40. The number of carbonyl (C=O) groups is 1. The highest BCUT2D eigenvalue weighted by Gasteiger charge is 2.35. The Morgan fingerprint density at radius 1 is 1.23 bits per heavy atom. The van der Waals surface area contributed by atoms with E-state index in [1.807, 2.05) is 13.8 Å². The van der Waals surface area contributed by atoms with E-state index in [1.165, 1.54) is 17.0 Å². The van der Waals surface area contributed by atoms with Crippen molar-refractivity contribution in [1.82, 2.24) is 9.78 Å². The standard InChI is InChI=1S/C16H16F3N3O2.C2H6/c1-10-7-20-22-13(9-24-2)8-21(15(23)14(10)22)12-5-3-11(4-6-12)16(17,18)19;1-2/h3-7,13H,8-9H2,1-2H3;1-2H3. The third-order valence-corrected chi connectivity index (χ3v) is 4.03. The average molecular weight is 369 g/mol. The van der Waals surface area contributed by atoms with Crippen molar-refractivity contribution in [1.29, 1.82) is 0 Å². The smallest absolute Gasteiger partial charge is 0.382 e. The molecule has 3 rings (SSSR count). The lowest BCUT2D eigenvalue weighted by molar-refractivity contribution is -0.137. The second-order valence-corrected chi connectivity index (χ2v) is 5.69. The molecule has 1 amide bonds. The maximum Gasteiger partial charge on any atom is 0.416 e. The maximum atomic E-state index is 12.7. The summed E-state index contributed by atoms with van der Waals surface area (Å²) in [6.07, 6.45) is -2.80. The highest BCUT2D eigenvalue weighted by Crippen LogP contribution is 2.32. The Morgan fingerprint density at radius 3 is 2.38 bits per heavy atom. The molecule has 26 heavy (non-hydrogen) atoms. The molecule has 2 aromatic rings. The number of methoxy groups -OCH3 is 1. The summed E-state index contributed by atoms with van der Waals surface area (Å²) >= 11 is 0. The number of amides is 1. The first-order chi connectivity index (χ1) is 12.3. The SMILES string of the molecule is CC.COCC1CN(c2ccc(C(F)(F)F)cc2)C(=O)c2c(C)cnn21. The third kappa shape index (κ3) is 3.75. The summed E-state index contributed by atoms with van der Waals surface area (Å²) < 4.78 is 44.9. The van der Waals surface area contributed by atoms with Crippen LogP contribution in [0.5, 0.6) is 0 Å². The van der Waals surface area contributed by atoms with Crippen LogP contribution in [0.15, 0.2) is 30.5 Å². The van der Waals surface area contributed by atoms with Gasteiger partial charge in [-0.2, -0.15) is 18.3 Å². The fourth-order valence-electron chi connectivity index (χ4n) is 2.86. The Morgan fingerprint density at radius 2 is 1.85 bits per heavy atom. The summed E-state index contributed by atoms with van der Waals surface area (Å²) in [5.74, 6) is -0.280. The highest BCUT2D eigenvalue weighted by molar-refractivity contribution is 6.06. The number of benzene rings is 1. The van der Waals surface area contributed by atoms with Crippen LogP contribution in [0.3, 0.4) is 0 Å². The van der Waals surface area contributed by atoms with Gasteiger partial charge in [0, 0.05) is 18.4 Å². The zero-order valence-corrected chi connectivity index (χ0v) is 15.2. The molecule has 142 valence electrons. The minimum Gasteiger partial charge on any atom is -0.382 e. The molecule has 1 aliphatic rings. The van der Waals surface area contributed by atoms with Crippen molar-refractivity contribution in [3.8, 4) is 0 Å². The Labute approximate surface area is 150 Å². The molecular formula is C18H22F3N3O2. The zero-order valence-electron chi connectivity index (χ0n) is 15.2. The second-order valence-electron chi connectivity index (χ2n) is 5.69. The van der Waals surface area contributed by atoms with Gasteiger partial charge in [-0.05, 0) is 31.2 Å². The van der Waals surface area contributed by atoms with Gasteiger partial charge in [0.15, 0.2) is 0 Å². The molecule has 0 saturated heterocycles. The summed E-state index contributed by atoms with van der Waals surface area (Å²) in [4.78, 5) is 14.2. The fraction of sp³-hybridized carbons (Fsp3) is 0.444. The number of hydrogen-bond acceptors (Lipinski definition) is 3. The predicted octanol–water partition coefficient (Wildman–Crippen LogP) is 4.08. The number of aromatic nitrogens is 2. The molecule has 0 N–H and O–H groups in total. The monoisotopic (exact) mass is 369 g/mol. The molecule has 1 aliphatic heterocycles. The van der Waals surface area contributed by atoms with Gasteiger partial charge in [-0.3, -0.25) is 9.48 Å². The number of halogens is 3. The van der Waals surface area contributed by atoms with Gasteiger partial charge in [0.05, 0.1) is 31.0 Å². The van der Waals surface area contributed by atoms with Gasteiger partial charge in [0.25, 0.3) is 5.91 Å². The number of fused-ring (bicyclic) bond motifs is 1. The molecule has 8 heteroatoms. The predicted molar refractivity (Wildman–Crippen MR) is 92.3 cm³/mol. The largest absolute Gasteiger partial charge is 0.416 e. The Kier molecular flexibility index (Phi) is 6.07. The van der Waals surface area contributed by atoms with Gasteiger partial charge in [-0.15, -0.1) is 0 Å². The normalized spacial score (nSPS) is 16.8. The van der Waals surface area contributed by atoms with E-state index in [2.05, 4.69) is 5.10 Å². The molecule has 0 fully saturated rings. The summed E-state index contributed by atoms with van der Waals surface area (Å²) in [5, 5.41) is 4.22. The van der Waals surface area contributed by atoms with Crippen molar-refractivity contribution in [3.63, 3.8) is 0 Å². The van der Waals surface area contributed by atoms with Crippen LogP contribution in [0, 0.1) is 6.92 Å². The van der Waals surface area contributed by atoms with Gasteiger partial charge in [0.1, 0.15) is 5.69 Å². The van der Waals surface area contributed by atoms with Crippen molar-refractivity contribution in [2.75, 3.05) is 25.2 Å².